The second-order valence-corrected chi connectivity index (χ2v) is 1.02. The van der Waals surface area contributed by atoms with Gasteiger partial charge >= 0.3 is 0 Å². The Kier molecular flexibility index (Phi) is 19.0. The smallest absolute Gasteiger partial charge is 0.0267 e. The highest BCUT2D eigenvalue weighted by molar-refractivity contribution is 7.59. The third-order valence-electron chi connectivity index (χ3n) is 0.566. The van der Waals surface area contributed by atoms with Crippen LogP contribution in [0.3, 0.4) is 0 Å². The van der Waals surface area contributed by atoms with Gasteiger partial charge in [0, 0.05) is 12.4 Å². The summed E-state index contributed by atoms with van der Waals surface area (Å²) in [7, 11) is 0. The summed E-state index contributed by atoms with van der Waals surface area (Å²) in [5.41, 5.74) is 0. The van der Waals surface area contributed by atoms with Crippen molar-refractivity contribution in [3.63, 3.8) is 0 Å². The van der Waals surface area contributed by atoms with Gasteiger partial charge in [-0.15, -0.1) is 0 Å². The van der Waals surface area contributed by atoms with Crippen LogP contribution in [0.5, 0.6) is 0 Å². The van der Waals surface area contributed by atoms with Crippen molar-refractivity contribution in [3.05, 3.63) is 30.6 Å². The number of rotatable bonds is 0. The lowest BCUT2D eigenvalue weighted by Crippen LogP contribution is -1.58. The molecule has 1 heterocycles. The SMILES string of the molecule is N.S.S.c1ccncc1. The molecule has 1 rings (SSSR count). The second kappa shape index (κ2) is 10.7. The van der Waals surface area contributed by atoms with Crippen LogP contribution in [-0.2, 0) is 0 Å². The molecule has 1 aromatic heterocycles. The summed E-state index contributed by atoms with van der Waals surface area (Å²) in [6.07, 6.45) is 3.50. The van der Waals surface area contributed by atoms with Crippen LogP contribution in [0.1, 0.15) is 0 Å². The van der Waals surface area contributed by atoms with E-state index < -0.39 is 0 Å². The van der Waals surface area contributed by atoms with E-state index in [9.17, 15) is 0 Å². The number of nitrogens with zero attached hydrogens (tertiary/aromatic N) is 1. The van der Waals surface area contributed by atoms with Crippen LogP contribution in [-0.4, -0.2) is 4.98 Å². The first-order valence-electron chi connectivity index (χ1n) is 1.85. The minimum Gasteiger partial charge on any atom is -0.344 e. The van der Waals surface area contributed by atoms with Crippen LogP contribution < -0.4 is 6.15 Å². The van der Waals surface area contributed by atoms with Crippen molar-refractivity contribution in [2.75, 3.05) is 0 Å². The zero-order valence-electron chi connectivity index (χ0n) is 5.04. The molecule has 0 amide bonds. The summed E-state index contributed by atoms with van der Waals surface area (Å²) in [6.45, 7) is 0. The summed E-state index contributed by atoms with van der Waals surface area (Å²) < 4.78 is 0. The first kappa shape index (κ1) is 15.9. The quantitative estimate of drug-likeness (QED) is 0.631. The van der Waals surface area contributed by atoms with Crippen LogP contribution in [0.25, 0.3) is 0 Å². The Bertz CT molecular complexity index is 84.9. The van der Waals surface area contributed by atoms with E-state index in [2.05, 4.69) is 4.98 Å². The molecule has 54 valence electrons. The molecule has 0 aliphatic rings. The maximum Gasteiger partial charge on any atom is 0.0267 e. The Morgan fingerprint density at radius 2 is 1.22 bits per heavy atom. The molecule has 0 fully saturated rings. The normalized spacial score (nSPS) is 5.33. The predicted octanol–water partition coefficient (Wildman–Crippen LogP) is 1.47. The minimum atomic E-state index is 0. The molecule has 2 nitrogen and oxygen atoms in total. The Balaban J connectivity index is -0.000000120. The first-order valence-corrected chi connectivity index (χ1v) is 1.85. The molecule has 1 aromatic rings. The molecule has 0 aliphatic carbocycles. The molecule has 3 N–H and O–H groups in total. The van der Waals surface area contributed by atoms with Crippen molar-refractivity contribution in [1.29, 1.82) is 0 Å². The van der Waals surface area contributed by atoms with Gasteiger partial charge in [0.1, 0.15) is 0 Å². The maximum absolute atomic E-state index is 3.78. The van der Waals surface area contributed by atoms with Gasteiger partial charge in [0.25, 0.3) is 0 Å². The van der Waals surface area contributed by atoms with Crippen LogP contribution in [0, 0.1) is 0 Å². The van der Waals surface area contributed by atoms with E-state index >= 15 is 0 Å². The molecular formula is C5H12N2S2. The van der Waals surface area contributed by atoms with Gasteiger partial charge in [-0.05, 0) is 12.1 Å². The molecule has 4 heteroatoms. The highest BCUT2D eigenvalue weighted by Crippen LogP contribution is 1.73. The molecule has 0 saturated heterocycles. The maximum atomic E-state index is 3.78. The van der Waals surface area contributed by atoms with Crippen LogP contribution >= 0.6 is 27.0 Å². The third-order valence-corrected chi connectivity index (χ3v) is 0.566. The van der Waals surface area contributed by atoms with Crippen molar-refractivity contribution < 1.29 is 0 Å². The van der Waals surface area contributed by atoms with E-state index in [0.29, 0.717) is 0 Å². The highest BCUT2D eigenvalue weighted by atomic mass is 32.1. The van der Waals surface area contributed by atoms with Crippen molar-refractivity contribution >= 4 is 27.0 Å². The van der Waals surface area contributed by atoms with Gasteiger partial charge in [0.2, 0.25) is 0 Å². The van der Waals surface area contributed by atoms with E-state index in [1.54, 1.807) is 12.4 Å². The average molecular weight is 164 g/mol. The Labute approximate surface area is 69.2 Å². The zero-order valence-corrected chi connectivity index (χ0v) is 7.04. The monoisotopic (exact) mass is 164 g/mol. The fourth-order valence-corrected chi connectivity index (χ4v) is 0.313. The first-order chi connectivity index (χ1) is 3.00. The number of aromatic nitrogens is 1. The van der Waals surface area contributed by atoms with Gasteiger partial charge < -0.3 is 6.15 Å². The van der Waals surface area contributed by atoms with E-state index in [4.69, 9.17) is 0 Å². The molecule has 9 heavy (non-hydrogen) atoms. The Morgan fingerprint density at radius 3 is 1.33 bits per heavy atom. The van der Waals surface area contributed by atoms with Gasteiger partial charge in [0.15, 0.2) is 0 Å². The molecule has 0 aliphatic heterocycles. The Morgan fingerprint density at radius 1 is 0.778 bits per heavy atom. The zero-order chi connectivity index (χ0) is 4.24. The summed E-state index contributed by atoms with van der Waals surface area (Å²) in [6, 6.07) is 5.72. The molecule has 0 radical (unpaired) electrons. The van der Waals surface area contributed by atoms with E-state index in [0.717, 1.165) is 0 Å². The minimum absolute atomic E-state index is 0. The summed E-state index contributed by atoms with van der Waals surface area (Å²) in [5, 5.41) is 0. The predicted molar refractivity (Wildman–Crippen MR) is 50.0 cm³/mol. The van der Waals surface area contributed by atoms with Crippen LogP contribution in [0.2, 0.25) is 0 Å². The average Bonchev–Trinajstić information content (AvgIpc) is 1.72. The van der Waals surface area contributed by atoms with E-state index in [-0.39, 0.29) is 33.1 Å². The van der Waals surface area contributed by atoms with E-state index in [1.807, 2.05) is 18.2 Å². The number of pyridine rings is 1. The lowest BCUT2D eigenvalue weighted by molar-refractivity contribution is 1.33. The lowest BCUT2D eigenvalue weighted by Gasteiger charge is -1.70. The fraction of sp³-hybridized carbons (Fsp3) is 0. The van der Waals surface area contributed by atoms with Gasteiger partial charge in [-0.1, -0.05) is 6.07 Å². The van der Waals surface area contributed by atoms with Gasteiger partial charge in [0.05, 0.1) is 0 Å². The molecule has 0 bridgehead atoms. The topological polar surface area (TPSA) is 47.9 Å². The molecule has 0 aromatic carbocycles. The summed E-state index contributed by atoms with van der Waals surface area (Å²) >= 11 is 0. The highest BCUT2D eigenvalue weighted by Gasteiger charge is 1.58. The lowest BCUT2D eigenvalue weighted by atomic mass is 10.5. The fourth-order valence-electron chi connectivity index (χ4n) is 0.313. The summed E-state index contributed by atoms with van der Waals surface area (Å²) in [5.74, 6) is 0. The van der Waals surface area contributed by atoms with Crippen molar-refractivity contribution in [2.24, 2.45) is 0 Å². The van der Waals surface area contributed by atoms with Crippen molar-refractivity contribution in [1.82, 2.24) is 11.1 Å². The largest absolute Gasteiger partial charge is 0.344 e. The third kappa shape index (κ3) is 7.81. The molecule has 0 spiro atoms. The Hall–Kier alpha value is -0.190. The molecule has 0 unspecified atom stereocenters. The number of hydrogen-bond donors (Lipinski definition) is 1. The number of hydrogen-bond acceptors (Lipinski definition) is 2. The molecule has 0 atom stereocenters. The van der Waals surface area contributed by atoms with Crippen LogP contribution in [0.15, 0.2) is 30.6 Å². The standard InChI is InChI=1S/C5H5N.H3N.2H2S/c1-2-4-6-5-3-1;;;/h1-5H;1H3;2*1H2. The van der Waals surface area contributed by atoms with Gasteiger partial charge in [-0.25, -0.2) is 0 Å². The second-order valence-electron chi connectivity index (χ2n) is 1.02. The van der Waals surface area contributed by atoms with Crippen LogP contribution in [0.4, 0.5) is 0 Å². The van der Waals surface area contributed by atoms with Gasteiger partial charge in [-0.2, -0.15) is 27.0 Å². The van der Waals surface area contributed by atoms with Crippen molar-refractivity contribution in [3.8, 4) is 0 Å². The van der Waals surface area contributed by atoms with Gasteiger partial charge in [-0.3, -0.25) is 4.98 Å². The summed E-state index contributed by atoms with van der Waals surface area (Å²) in [4.78, 5) is 3.78. The molecule has 0 saturated carbocycles. The molecular weight excluding hydrogens is 152 g/mol. The van der Waals surface area contributed by atoms with E-state index in [1.165, 1.54) is 0 Å². The van der Waals surface area contributed by atoms with Crippen molar-refractivity contribution in [2.45, 2.75) is 0 Å².